The zero-order chi connectivity index (χ0) is 18.5. The summed E-state index contributed by atoms with van der Waals surface area (Å²) in [5, 5.41) is 18.1. The lowest BCUT2D eigenvalue weighted by molar-refractivity contribution is -0.129. The Morgan fingerprint density at radius 2 is 1.88 bits per heavy atom. The maximum atomic E-state index is 12.6. The van der Waals surface area contributed by atoms with Crippen LogP contribution in [0.4, 0.5) is 5.69 Å². The van der Waals surface area contributed by atoms with E-state index in [9.17, 15) is 9.90 Å². The summed E-state index contributed by atoms with van der Waals surface area (Å²) in [4.78, 5) is 12.6. The van der Waals surface area contributed by atoms with Gasteiger partial charge in [-0.3, -0.25) is 4.79 Å². The predicted molar refractivity (Wildman–Crippen MR) is 96.0 cm³/mol. The predicted octanol–water partition coefficient (Wildman–Crippen LogP) is 3.16. The number of aryl methyl sites for hydroxylation is 2. The maximum Gasteiger partial charge on any atom is 0.265 e. The lowest BCUT2D eigenvalue weighted by atomic mass is 9.86. The first-order valence-corrected chi connectivity index (χ1v) is 8.21. The summed E-state index contributed by atoms with van der Waals surface area (Å²) >= 11 is 0. The van der Waals surface area contributed by atoms with Crippen molar-refractivity contribution in [3.8, 4) is 16.9 Å². The van der Waals surface area contributed by atoms with Crippen LogP contribution in [0.1, 0.15) is 22.6 Å². The smallest absolute Gasteiger partial charge is 0.265 e. The highest BCUT2D eigenvalue weighted by atomic mass is 16.5. The van der Waals surface area contributed by atoms with Crippen LogP contribution in [-0.2, 0) is 10.4 Å². The number of hydrogen-bond acceptors (Lipinski definition) is 5. The number of carbonyl (C=O) groups excluding carboxylic acids is 1. The van der Waals surface area contributed by atoms with Gasteiger partial charge in [-0.15, -0.1) is 0 Å². The number of fused-ring (bicyclic) bond motifs is 1. The van der Waals surface area contributed by atoms with E-state index in [-0.39, 0.29) is 0 Å². The summed E-state index contributed by atoms with van der Waals surface area (Å²) in [6, 6.07) is 12.3. The molecule has 6 nitrogen and oxygen atoms in total. The highest BCUT2D eigenvalue weighted by Crippen LogP contribution is 2.43. The molecule has 0 aliphatic carbocycles. The number of hydrogen-bond donors (Lipinski definition) is 2. The third-order valence-corrected chi connectivity index (χ3v) is 4.82. The molecule has 1 amide bonds. The average molecular weight is 350 g/mol. The molecule has 0 bridgehead atoms. The van der Waals surface area contributed by atoms with Crippen molar-refractivity contribution >= 4 is 11.6 Å². The number of aromatic nitrogens is 1. The summed E-state index contributed by atoms with van der Waals surface area (Å²) < 4.78 is 10.4. The van der Waals surface area contributed by atoms with Gasteiger partial charge in [0, 0.05) is 16.8 Å². The summed E-state index contributed by atoms with van der Waals surface area (Å²) in [5.41, 5.74) is 2.26. The molecule has 1 unspecified atom stereocenters. The Balaban J connectivity index is 1.87. The highest BCUT2D eigenvalue weighted by Gasteiger charge is 2.47. The minimum atomic E-state index is -1.77. The summed E-state index contributed by atoms with van der Waals surface area (Å²) in [7, 11) is 1.57. The molecule has 6 heteroatoms. The molecule has 3 aromatic rings. The van der Waals surface area contributed by atoms with E-state index in [1.807, 2.05) is 26.0 Å². The molecule has 1 aromatic heterocycles. The van der Waals surface area contributed by atoms with Gasteiger partial charge in [0.1, 0.15) is 11.5 Å². The van der Waals surface area contributed by atoms with Crippen molar-refractivity contribution in [2.75, 3.05) is 12.4 Å². The third-order valence-electron chi connectivity index (χ3n) is 4.82. The number of nitrogens with zero attached hydrogens (tertiary/aromatic N) is 1. The van der Waals surface area contributed by atoms with Crippen LogP contribution in [0, 0.1) is 13.8 Å². The lowest BCUT2D eigenvalue weighted by Crippen LogP contribution is -2.35. The molecule has 1 aliphatic heterocycles. The molecule has 0 radical (unpaired) electrons. The average Bonchev–Trinajstić information content (AvgIpc) is 3.12. The van der Waals surface area contributed by atoms with Gasteiger partial charge >= 0.3 is 0 Å². The molecule has 4 rings (SSSR count). The summed E-state index contributed by atoms with van der Waals surface area (Å²) in [6.45, 7) is 3.69. The number of benzene rings is 2. The molecule has 0 saturated heterocycles. The van der Waals surface area contributed by atoms with E-state index >= 15 is 0 Å². The van der Waals surface area contributed by atoms with Crippen molar-refractivity contribution in [2.24, 2.45) is 0 Å². The van der Waals surface area contributed by atoms with Gasteiger partial charge in [-0.25, -0.2) is 0 Å². The van der Waals surface area contributed by atoms with Crippen LogP contribution < -0.4 is 10.1 Å². The van der Waals surface area contributed by atoms with Gasteiger partial charge in [-0.2, -0.15) is 0 Å². The number of carbonyl (C=O) groups is 1. The van der Waals surface area contributed by atoms with Crippen LogP contribution in [0.2, 0.25) is 0 Å². The number of rotatable bonds is 3. The Hall–Kier alpha value is -3.12. The number of aliphatic hydroxyl groups is 1. The highest BCUT2D eigenvalue weighted by molar-refractivity contribution is 6.07. The first-order valence-electron chi connectivity index (χ1n) is 8.21. The number of ether oxygens (including phenoxy) is 1. The van der Waals surface area contributed by atoms with Gasteiger partial charge in [0.25, 0.3) is 5.91 Å². The molecule has 132 valence electrons. The number of amides is 1. The van der Waals surface area contributed by atoms with Crippen LogP contribution in [-0.4, -0.2) is 23.3 Å². The zero-order valence-electron chi connectivity index (χ0n) is 14.7. The summed E-state index contributed by atoms with van der Waals surface area (Å²) in [5.74, 6) is 0.863. The Bertz CT molecular complexity index is 988. The normalized spacial score (nSPS) is 18.5. The van der Waals surface area contributed by atoms with Crippen molar-refractivity contribution in [2.45, 2.75) is 19.4 Å². The van der Waals surface area contributed by atoms with Crippen LogP contribution in [0.15, 0.2) is 47.0 Å². The first kappa shape index (κ1) is 16.4. The van der Waals surface area contributed by atoms with Crippen molar-refractivity contribution in [3.05, 3.63) is 65.0 Å². The fourth-order valence-electron chi connectivity index (χ4n) is 3.46. The molecule has 2 N–H and O–H groups in total. The zero-order valence-corrected chi connectivity index (χ0v) is 14.7. The minimum absolute atomic E-state index is 0.477. The van der Waals surface area contributed by atoms with Gasteiger partial charge in [-0.05, 0) is 49.2 Å². The van der Waals surface area contributed by atoms with E-state index in [1.165, 1.54) is 0 Å². The first-order chi connectivity index (χ1) is 12.4. The number of methoxy groups -OCH3 is 1. The van der Waals surface area contributed by atoms with Crippen LogP contribution in [0.3, 0.4) is 0 Å². The van der Waals surface area contributed by atoms with Gasteiger partial charge in [-0.1, -0.05) is 23.4 Å². The fourth-order valence-corrected chi connectivity index (χ4v) is 3.46. The second kappa shape index (κ2) is 5.71. The van der Waals surface area contributed by atoms with Crippen molar-refractivity contribution in [1.29, 1.82) is 0 Å². The largest absolute Gasteiger partial charge is 0.497 e. The van der Waals surface area contributed by atoms with E-state index in [4.69, 9.17) is 9.26 Å². The molecular weight excluding hydrogens is 332 g/mol. The molecule has 2 heterocycles. The topological polar surface area (TPSA) is 84.6 Å². The Morgan fingerprint density at radius 1 is 1.15 bits per heavy atom. The third kappa shape index (κ3) is 2.23. The quantitative estimate of drug-likeness (QED) is 0.758. The Kier molecular flexibility index (Phi) is 3.59. The fraction of sp³-hybridized carbons (Fsp3) is 0.200. The maximum absolute atomic E-state index is 12.6. The molecule has 0 fully saturated rings. The van der Waals surface area contributed by atoms with Gasteiger partial charge in [0.05, 0.1) is 12.8 Å². The molecule has 0 spiro atoms. The van der Waals surface area contributed by atoms with Gasteiger partial charge in [0.2, 0.25) is 0 Å². The molecule has 26 heavy (non-hydrogen) atoms. The van der Waals surface area contributed by atoms with Crippen molar-refractivity contribution < 1.29 is 19.2 Å². The molecule has 2 aromatic carbocycles. The van der Waals surface area contributed by atoms with Crippen LogP contribution in [0.5, 0.6) is 5.75 Å². The second-order valence-electron chi connectivity index (χ2n) is 6.35. The van der Waals surface area contributed by atoms with E-state index in [0.717, 1.165) is 16.8 Å². The Labute approximate surface area is 150 Å². The Morgan fingerprint density at radius 3 is 2.50 bits per heavy atom. The van der Waals surface area contributed by atoms with E-state index < -0.39 is 11.5 Å². The lowest BCUT2D eigenvalue weighted by Gasteiger charge is -2.22. The minimum Gasteiger partial charge on any atom is -0.497 e. The molecule has 0 saturated carbocycles. The van der Waals surface area contributed by atoms with Crippen LogP contribution >= 0.6 is 0 Å². The number of nitrogens with one attached hydrogen (secondary N) is 1. The SMILES string of the molecule is COc1ccc(C2(O)C(=O)Nc3ccc(-c4c(C)noc4C)cc32)cc1. The van der Waals surface area contributed by atoms with Gasteiger partial charge in [0.15, 0.2) is 5.60 Å². The molecular formula is C20H18N2O4. The van der Waals surface area contributed by atoms with E-state index in [1.54, 1.807) is 37.4 Å². The second-order valence-corrected chi connectivity index (χ2v) is 6.35. The number of anilines is 1. The summed E-state index contributed by atoms with van der Waals surface area (Å²) in [6.07, 6.45) is 0. The molecule has 1 aliphatic rings. The molecule has 1 atom stereocenters. The standard InChI is InChI=1S/C20H18N2O4/c1-11-18(12(2)26-22-11)13-4-9-17-16(10-13)20(24,19(23)21-17)14-5-7-15(25-3)8-6-14/h4-10,24H,1-3H3,(H,21,23). The van der Waals surface area contributed by atoms with E-state index in [2.05, 4.69) is 10.5 Å². The van der Waals surface area contributed by atoms with Gasteiger partial charge < -0.3 is 19.7 Å². The van der Waals surface area contributed by atoms with Crippen molar-refractivity contribution in [3.63, 3.8) is 0 Å². The van der Waals surface area contributed by atoms with Crippen LogP contribution in [0.25, 0.3) is 11.1 Å². The van der Waals surface area contributed by atoms with E-state index in [0.29, 0.717) is 28.3 Å². The van der Waals surface area contributed by atoms with Crippen molar-refractivity contribution in [1.82, 2.24) is 5.16 Å². The monoisotopic (exact) mass is 350 g/mol.